The number of rotatable bonds is 10. The summed E-state index contributed by atoms with van der Waals surface area (Å²) in [6.07, 6.45) is 5.17. The Morgan fingerprint density at radius 2 is 1.96 bits per heavy atom. The molecule has 1 fully saturated rings. The predicted molar refractivity (Wildman–Crippen MR) is 114 cm³/mol. The highest BCUT2D eigenvalue weighted by atomic mass is 32.2. The summed E-state index contributed by atoms with van der Waals surface area (Å²) in [6.45, 7) is 6.14. The number of ether oxygens (including phenoxy) is 1. The summed E-state index contributed by atoms with van der Waals surface area (Å²) >= 11 is 1.83. The summed E-state index contributed by atoms with van der Waals surface area (Å²) < 4.78 is 5.70. The second kappa shape index (κ2) is 10.4. The van der Waals surface area contributed by atoms with Crippen molar-refractivity contribution in [2.75, 3.05) is 33.0 Å². The molecule has 1 aliphatic carbocycles. The molecule has 0 saturated heterocycles. The minimum absolute atomic E-state index is 0.0469. The number of amides is 1. The minimum atomic E-state index is -0.0469. The van der Waals surface area contributed by atoms with E-state index in [1.807, 2.05) is 36.0 Å². The number of hydrogen-bond acceptors (Lipinski definition) is 4. The van der Waals surface area contributed by atoms with E-state index >= 15 is 0 Å². The largest absolute Gasteiger partial charge is 0.484 e. The number of nitrogens with zero attached hydrogens (tertiary/aromatic N) is 1. The molecule has 150 valence electrons. The van der Waals surface area contributed by atoms with Crippen LogP contribution in [0.15, 0.2) is 29.3 Å². The maximum Gasteiger partial charge on any atom is 0.258 e. The normalized spacial score (nSPS) is 14.6. The van der Waals surface area contributed by atoms with Crippen LogP contribution in [0, 0.1) is 0 Å². The van der Waals surface area contributed by atoms with E-state index in [1.165, 1.54) is 5.56 Å². The average Bonchev–Trinajstić information content (AvgIpc) is 3.47. The summed E-state index contributed by atoms with van der Waals surface area (Å²) in [5.74, 6) is 1.49. The number of thioether (sulfide) groups is 1. The zero-order valence-electron chi connectivity index (χ0n) is 16.8. The number of aliphatic imine (C=N–C) groups is 1. The van der Waals surface area contributed by atoms with Crippen molar-refractivity contribution in [2.24, 2.45) is 4.99 Å². The van der Waals surface area contributed by atoms with Crippen molar-refractivity contribution >= 4 is 23.6 Å². The third-order valence-electron chi connectivity index (χ3n) is 4.40. The van der Waals surface area contributed by atoms with Gasteiger partial charge in [-0.2, -0.15) is 11.8 Å². The lowest BCUT2D eigenvalue weighted by molar-refractivity contribution is -0.123. The van der Waals surface area contributed by atoms with Crippen LogP contribution in [0.2, 0.25) is 0 Å². The Labute approximate surface area is 166 Å². The van der Waals surface area contributed by atoms with Crippen molar-refractivity contribution in [3.63, 3.8) is 0 Å². The molecule has 27 heavy (non-hydrogen) atoms. The van der Waals surface area contributed by atoms with Crippen LogP contribution in [0.3, 0.4) is 0 Å². The Hall–Kier alpha value is -1.89. The first-order valence-electron chi connectivity index (χ1n) is 9.42. The first-order chi connectivity index (χ1) is 12.9. The van der Waals surface area contributed by atoms with Gasteiger partial charge in [0, 0.05) is 30.9 Å². The lowest BCUT2D eigenvalue weighted by Gasteiger charge is -2.23. The maximum absolute atomic E-state index is 11.6. The molecule has 0 heterocycles. The number of guanidine groups is 1. The van der Waals surface area contributed by atoms with Gasteiger partial charge >= 0.3 is 0 Å². The highest BCUT2D eigenvalue weighted by Crippen LogP contribution is 2.19. The third-order valence-corrected chi connectivity index (χ3v) is 5.65. The molecule has 0 aromatic heterocycles. The van der Waals surface area contributed by atoms with Crippen molar-refractivity contribution in [1.29, 1.82) is 0 Å². The quantitative estimate of drug-likeness (QED) is 0.420. The van der Waals surface area contributed by atoms with Gasteiger partial charge in [-0.15, -0.1) is 0 Å². The monoisotopic (exact) mass is 392 g/mol. The highest BCUT2D eigenvalue weighted by Gasteiger charge is 2.23. The van der Waals surface area contributed by atoms with Crippen LogP contribution in [-0.4, -0.2) is 55.7 Å². The average molecular weight is 393 g/mol. The second-order valence-electron chi connectivity index (χ2n) is 7.34. The maximum atomic E-state index is 11.6. The van der Waals surface area contributed by atoms with Crippen LogP contribution in [0.1, 0.15) is 32.3 Å². The number of benzene rings is 1. The molecule has 1 saturated carbocycles. The van der Waals surface area contributed by atoms with E-state index in [9.17, 15) is 4.79 Å². The van der Waals surface area contributed by atoms with Crippen molar-refractivity contribution in [2.45, 2.75) is 43.9 Å². The molecule has 0 aliphatic heterocycles. The molecule has 0 unspecified atom stereocenters. The summed E-state index contributed by atoms with van der Waals surface area (Å²) in [5.41, 5.74) is 1.21. The molecule has 0 spiro atoms. The molecular formula is C20H32N4O2S. The summed E-state index contributed by atoms with van der Waals surface area (Å²) in [6, 6.07) is 8.25. The summed E-state index contributed by atoms with van der Waals surface area (Å²) in [7, 11) is 1.78. The Balaban J connectivity index is 1.67. The fraction of sp³-hybridized carbons (Fsp3) is 0.600. The third kappa shape index (κ3) is 8.56. The van der Waals surface area contributed by atoms with E-state index in [0.29, 0.717) is 6.04 Å². The Morgan fingerprint density at radius 1 is 1.26 bits per heavy atom. The van der Waals surface area contributed by atoms with Gasteiger partial charge < -0.3 is 20.7 Å². The van der Waals surface area contributed by atoms with Gasteiger partial charge in [0.1, 0.15) is 5.75 Å². The first kappa shape index (κ1) is 21.4. The zero-order valence-corrected chi connectivity index (χ0v) is 17.6. The fourth-order valence-corrected chi connectivity index (χ4v) is 2.53. The van der Waals surface area contributed by atoms with Gasteiger partial charge in [-0.3, -0.25) is 9.79 Å². The molecule has 6 nitrogen and oxygen atoms in total. The van der Waals surface area contributed by atoms with E-state index in [4.69, 9.17) is 4.74 Å². The van der Waals surface area contributed by atoms with Crippen molar-refractivity contribution < 1.29 is 9.53 Å². The van der Waals surface area contributed by atoms with Crippen molar-refractivity contribution in [1.82, 2.24) is 16.0 Å². The summed E-state index contributed by atoms with van der Waals surface area (Å²) in [5, 5.41) is 9.61. The molecule has 1 aromatic rings. The molecule has 1 aliphatic rings. The van der Waals surface area contributed by atoms with Gasteiger partial charge in [0.05, 0.1) is 0 Å². The van der Waals surface area contributed by atoms with Gasteiger partial charge in [-0.25, -0.2) is 0 Å². The highest BCUT2D eigenvalue weighted by molar-refractivity contribution is 7.99. The molecular weight excluding hydrogens is 360 g/mol. The van der Waals surface area contributed by atoms with Crippen LogP contribution in [0.25, 0.3) is 0 Å². The standard InChI is InChI=1S/C20H32N4O2S/c1-20(2,27-4)14-23-19(21-3)22-12-11-15-5-9-17(10-6-15)26-13-18(25)24-16-7-8-16/h5-6,9-10,16H,7-8,11-14H2,1-4H3,(H,24,25)(H2,21,22,23). The zero-order chi connectivity index (χ0) is 19.7. The van der Waals surface area contributed by atoms with Gasteiger partial charge in [0.2, 0.25) is 0 Å². The lowest BCUT2D eigenvalue weighted by Crippen LogP contribution is -2.43. The SMILES string of the molecule is CN=C(NCCc1ccc(OCC(=O)NC2CC2)cc1)NCC(C)(C)SC. The molecule has 3 N–H and O–H groups in total. The Bertz CT molecular complexity index is 627. The van der Waals surface area contributed by atoms with Crippen LogP contribution < -0.4 is 20.7 Å². The van der Waals surface area contributed by atoms with E-state index < -0.39 is 0 Å². The smallest absolute Gasteiger partial charge is 0.258 e. The van der Waals surface area contributed by atoms with E-state index in [0.717, 1.165) is 44.1 Å². The number of nitrogens with one attached hydrogen (secondary N) is 3. The molecule has 0 atom stereocenters. The van der Waals surface area contributed by atoms with E-state index in [-0.39, 0.29) is 17.3 Å². The number of carbonyl (C=O) groups is 1. The van der Waals surface area contributed by atoms with Gasteiger partial charge in [0.15, 0.2) is 12.6 Å². The van der Waals surface area contributed by atoms with Crippen molar-refractivity contribution in [3.8, 4) is 5.75 Å². The fourth-order valence-electron chi connectivity index (χ4n) is 2.31. The Kier molecular flexibility index (Phi) is 8.28. The first-order valence-corrected chi connectivity index (χ1v) is 10.6. The van der Waals surface area contributed by atoms with Crippen LogP contribution in [0.4, 0.5) is 0 Å². The van der Waals surface area contributed by atoms with E-state index in [2.05, 4.69) is 41.0 Å². The molecule has 1 amide bonds. The van der Waals surface area contributed by atoms with Crippen molar-refractivity contribution in [3.05, 3.63) is 29.8 Å². The van der Waals surface area contributed by atoms with Gasteiger partial charge in [-0.1, -0.05) is 12.1 Å². The summed E-state index contributed by atoms with van der Waals surface area (Å²) in [4.78, 5) is 15.9. The minimum Gasteiger partial charge on any atom is -0.484 e. The molecule has 7 heteroatoms. The second-order valence-corrected chi connectivity index (χ2v) is 8.85. The number of hydrogen-bond donors (Lipinski definition) is 3. The topological polar surface area (TPSA) is 74.8 Å². The molecule has 1 aromatic carbocycles. The number of carbonyl (C=O) groups excluding carboxylic acids is 1. The van der Waals surface area contributed by atoms with E-state index in [1.54, 1.807) is 7.05 Å². The lowest BCUT2D eigenvalue weighted by atomic mass is 10.1. The van der Waals surface area contributed by atoms with Crippen LogP contribution >= 0.6 is 11.8 Å². The predicted octanol–water partition coefficient (Wildman–Crippen LogP) is 2.19. The van der Waals surface area contributed by atoms with Crippen LogP contribution in [-0.2, 0) is 11.2 Å². The molecule has 0 bridgehead atoms. The molecule has 2 rings (SSSR count). The molecule has 0 radical (unpaired) electrons. The van der Waals surface area contributed by atoms with Crippen LogP contribution in [0.5, 0.6) is 5.75 Å². The van der Waals surface area contributed by atoms with Gasteiger partial charge in [0.25, 0.3) is 5.91 Å². The Morgan fingerprint density at radius 3 is 2.56 bits per heavy atom. The van der Waals surface area contributed by atoms with Gasteiger partial charge in [-0.05, 0) is 57.1 Å².